The molecule has 1 heterocycles. The van der Waals surface area contributed by atoms with Crippen molar-refractivity contribution in [3.8, 4) is 11.5 Å². The Labute approximate surface area is 167 Å². The minimum atomic E-state index is -0.238. The van der Waals surface area contributed by atoms with Gasteiger partial charge in [0.2, 0.25) is 0 Å². The standard InChI is InChI=1S/C17H12ClIN2O3S/c1-24-13-7-9(6-11(19)15(13)22)8-14-16(23)21-17(25-14)20-12-5-3-2-4-10(12)18/h2-8,22H,1H3,(H,20,21,23)/b14-8+. The van der Waals surface area contributed by atoms with Gasteiger partial charge in [-0.15, -0.1) is 0 Å². The third-order valence-corrected chi connectivity index (χ3v) is 5.35. The number of ether oxygens (including phenoxy) is 1. The Morgan fingerprint density at radius 1 is 1.36 bits per heavy atom. The maximum Gasteiger partial charge on any atom is 0.264 e. The van der Waals surface area contributed by atoms with Crippen molar-refractivity contribution in [1.82, 2.24) is 5.32 Å². The van der Waals surface area contributed by atoms with Gasteiger partial charge in [-0.05, 0) is 70.3 Å². The number of aromatic hydroxyl groups is 1. The Morgan fingerprint density at radius 2 is 2.12 bits per heavy atom. The number of amides is 1. The highest BCUT2D eigenvalue weighted by molar-refractivity contribution is 14.1. The molecule has 2 aromatic rings. The summed E-state index contributed by atoms with van der Waals surface area (Å²) in [4.78, 5) is 17.0. The Hall–Kier alpha value is -1.71. The van der Waals surface area contributed by atoms with Crippen LogP contribution in [0.3, 0.4) is 0 Å². The van der Waals surface area contributed by atoms with Crippen LogP contribution in [0.1, 0.15) is 5.56 Å². The predicted molar refractivity (Wildman–Crippen MR) is 110 cm³/mol. The number of para-hydroxylation sites is 1. The van der Waals surface area contributed by atoms with Crippen molar-refractivity contribution >= 4 is 68.8 Å². The molecule has 0 aliphatic carbocycles. The first kappa shape index (κ1) is 18.1. The number of carbonyl (C=O) groups excluding carboxylic acids is 1. The van der Waals surface area contributed by atoms with E-state index in [1.807, 2.05) is 34.7 Å². The van der Waals surface area contributed by atoms with E-state index in [4.69, 9.17) is 16.3 Å². The van der Waals surface area contributed by atoms with E-state index < -0.39 is 0 Å². The van der Waals surface area contributed by atoms with Crippen LogP contribution in [0.4, 0.5) is 5.69 Å². The highest BCUT2D eigenvalue weighted by Gasteiger charge is 2.24. The topological polar surface area (TPSA) is 70.9 Å². The van der Waals surface area contributed by atoms with Gasteiger partial charge < -0.3 is 15.2 Å². The molecule has 0 atom stereocenters. The first-order valence-electron chi connectivity index (χ1n) is 7.08. The lowest BCUT2D eigenvalue weighted by atomic mass is 10.2. The SMILES string of the molecule is COc1cc(/C=C2/SC(=Nc3ccccc3Cl)NC2=O)cc(I)c1O. The van der Waals surface area contributed by atoms with Crippen LogP contribution in [-0.4, -0.2) is 23.3 Å². The number of hydrogen-bond acceptors (Lipinski definition) is 5. The molecule has 0 bridgehead atoms. The van der Waals surface area contributed by atoms with Gasteiger partial charge in [0, 0.05) is 0 Å². The zero-order valence-corrected chi connectivity index (χ0v) is 16.6. The summed E-state index contributed by atoms with van der Waals surface area (Å²) in [5.74, 6) is 0.194. The molecule has 0 unspecified atom stereocenters. The summed E-state index contributed by atoms with van der Waals surface area (Å²) in [5.41, 5.74) is 1.34. The number of phenols is 1. The molecule has 3 rings (SSSR count). The van der Waals surface area contributed by atoms with E-state index in [-0.39, 0.29) is 11.7 Å². The van der Waals surface area contributed by atoms with E-state index in [0.717, 1.165) is 5.56 Å². The number of methoxy groups -OCH3 is 1. The molecule has 1 amide bonds. The summed E-state index contributed by atoms with van der Waals surface area (Å²) in [6.45, 7) is 0. The van der Waals surface area contributed by atoms with Gasteiger partial charge in [0.25, 0.3) is 5.91 Å². The van der Waals surface area contributed by atoms with Gasteiger partial charge in [-0.2, -0.15) is 0 Å². The van der Waals surface area contributed by atoms with Crippen molar-refractivity contribution in [2.75, 3.05) is 7.11 Å². The Kier molecular flexibility index (Phi) is 5.55. The van der Waals surface area contributed by atoms with Crippen LogP contribution in [-0.2, 0) is 4.79 Å². The third kappa shape index (κ3) is 4.10. The number of thioether (sulfide) groups is 1. The molecule has 5 nitrogen and oxygen atoms in total. The number of aliphatic imine (C=N–C) groups is 1. The number of halogens is 2. The number of benzene rings is 2. The summed E-state index contributed by atoms with van der Waals surface area (Å²) >= 11 is 9.32. The zero-order chi connectivity index (χ0) is 18.0. The molecule has 1 aliphatic heterocycles. The summed E-state index contributed by atoms with van der Waals surface area (Å²) in [6.07, 6.45) is 1.72. The number of nitrogens with one attached hydrogen (secondary N) is 1. The molecule has 0 saturated carbocycles. The summed E-state index contributed by atoms with van der Waals surface area (Å²) in [6, 6.07) is 10.6. The summed E-state index contributed by atoms with van der Waals surface area (Å²) < 4.78 is 5.78. The van der Waals surface area contributed by atoms with Crippen molar-refractivity contribution in [2.45, 2.75) is 0 Å². The minimum absolute atomic E-state index is 0.0785. The fraction of sp³-hybridized carbons (Fsp3) is 0.0588. The molecule has 1 fully saturated rings. The van der Waals surface area contributed by atoms with Crippen LogP contribution >= 0.6 is 46.0 Å². The molecule has 128 valence electrons. The molecule has 25 heavy (non-hydrogen) atoms. The zero-order valence-electron chi connectivity index (χ0n) is 12.9. The van der Waals surface area contributed by atoms with Crippen LogP contribution in [0.15, 0.2) is 46.3 Å². The lowest BCUT2D eigenvalue weighted by molar-refractivity contribution is -0.115. The van der Waals surface area contributed by atoms with E-state index in [9.17, 15) is 9.90 Å². The van der Waals surface area contributed by atoms with Crippen molar-refractivity contribution in [3.63, 3.8) is 0 Å². The van der Waals surface area contributed by atoms with Gasteiger partial charge in [0.1, 0.15) is 0 Å². The number of carbonyl (C=O) groups is 1. The predicted octanol–water partition coefficient (Wildman–Crippen LogP) is 4.55. The van der Waals surface area contributed by atoms with Gasteiger partial charge in [0.05, 0.1) is 26.3 Å². The first-order valence-corrected chi connectivity index (χ1v) is 9.36. The van der Waals surface area contributed by atoms with Crippen molar-refractivity contribution < 1.29 is 14.6 Å². The maximum atomic E-state index is 12.2. The van der Waals surface area contributed by atoms with Gasteiger partial charge in [-0.1, -0.05) is 23.7 Å². The smallest absolute Gasteiger partial charge is 0.264 e. The number of amidine groups is 1. The Balaban J connectivity index is 1.90. The van der Waals surface area contributed by atoms with E-state index in [1.54, 1.807) is 30.3 Å². The van der Waals surface area contributed by atoms with Gasteiger partial charge in [-0.25, -0.2) is 4.99 Å². The number of nitrogens with zero attached hydrogens (tertiary/aromatic N) is 1. The first-order chi connectivity index (χ1) is 12.0. The minimum Gasteiger partial charge on any atom is -0.504 e. The monoisotopic (exact) mass is 486 g/mol. The number of phenolic OH excluding ortho intramolecular Hbond substituents is 1. The normalized spacial score (nSPS) is 17.2. The molecule has 1 aliphatic rings. The Bertz CT molecular complexity index is 915. The van der Waals surface area contributed by atoms with Crippen LogP contribution < -0.4 is 10.1 Å². The molecule has 1 saturated heterocycles. The third-order valence-electron chi connectivity index (χ3n) is 3.29. The molecule has 0 radical (unpaired) electrons. The van der Waals surface area contributed by atoms with Crippen molar-refractivity contribution in [3.05, 3.63) is 55.5 Å². The van der Waals surface area contributed by atoms with Gasteiger partial charge in [0.15, 0.2) is 16.7 Å². The van der Waals surface area contributed by atoms with Crippen LogP contribution in [0.5, 0.6) is 11.5 Å². The number of rotatable bonds is 3. The second kappa shape index (κ2) is 7.67. The van der Waals surface area contributed by atoms with Crippen LogP contribution in [0, 0.1) is 3.57 Å². The summed E-state index contributed by atoms with van der Waals surface area (Å²) in [7, 11) is 1.48. The van der Waals surface area contributed by atoms with Crippen LogP contribution in [0.25, 0.3) is 6.08 Å². The molecule has 2 aromatic carbocycles. The molecule has 2 N–H and O–H groups in total. The van der Waals surface area contributed by atoms with E-state index >= 15 is 0 Å². The highest BCUT2D eigenvalue weighted by Crippen LogP contribution is 2.35. The fourth-order valence-corrected chi connectivity index (χ4v) is 3.75. The highest BCUT2D eigenvalue weighted by atomic mass is 127. The Morgan fingerprint density at radius 3 is 2.84 bits per heavy atom. The van der Waals surface area contributed by atoms with E-state index in [2.05, 4.69) is 10.3 Å². The number of hydrogen-bond donors (Lipinski definition) is 2. The quantitative estimate of drug-likeness (QED) is 0.493. The van der Waals surface area contributed by atoms with Gasteiger partial charge in [-0.3, -0.25) is 4.79 Å². The maximum absolute atomic E-state index is 12.2. The van der Waals surface area contributed by atoms with E-state index in [0.29, 0.717) is 30.1 Å². The second-order valence-electron chi connectivity index (χ2n) is 4.99. The van der Waals surface area contributed by atoms with Crippen molar-refractivity contribution in [1.29, 1.82) is 0 Å². The molecular weight excluding hydrogens is 475 g/mol. The second-order valence-corrected chi connectivity index (χ2v) is 7.59. The fourth-order valence-electron chi connectivity index (χ4n) is 2.12. The lowest BCUT2D eigenvalue weighted by Crippen LogP contribution is -2.19. The average Bonchev–Trinajstić information content (AvgIpc) is 2.92. The van der Waals surface area contributed by atoms with Crippen molar-refractivity contribution in [2.24, 2.45) is 4.99 Å². The molecular formula is C17H12ClIN2O3S. The van der Waals surface area contributed by atoms with E-state index in [1.165, 1.54) is 18.9 Å². The average molecular weight is 487 g/mol. The largest absolute Gasteiger partial charge is 0.504 e. The molecule has 0 aromatic heterocycles. The lowest BCUT2D eigenvalue weighted by Gasteiger charge is -2.06. The van der Waals surface area contributed by atoms with Crippen LogP contribution in [0.2, 0.25) is 5.02 Å². The summed E-state index contributed by atoms with van der Waals surface area (Å²) in [5, 5.41) is 13.6. The molecule has 8 heteroatoms. The molecule has 0 spiro atoms. The van der Waals surface area contributed by atoms with Gasteiger partial charge >= 0.3 is 0 Å².